The SMILES string of the molecule is O=S(=O)(Cc1cccc2cccnc12)N1C[C@@H](F)C[C@H]1CO. The predicted molar refractivity (Wildman–Crippen MR) is 81.5 cm³/mol. The van der Waals surface area contributed by atoms with E-state index in [9.17, 15) is 17.9 Å². The molecule has 7 heteroatoms. The molecule has 22 heavy (non-hydrogen) atoms. The van der Waals surface area contributed by atoms with Crippen LogP contribution in [0.25, 0.3) is 10.9 Å². The molecule has 0 aliphatic carbocycles. The third-order valence-corrected chi connectivity index (χ3v) is 5.77. The molecule has 5 nitrogen and oxygen atoms in total. The van der Waals surface area contributed by atoms with Crippen LogP contribution >= 0.6 is 0 Å². The van der Waals surface area contributed by atoms with Crippen LogP contribution in [0.2, 0.25) is 0 Å². The summed E-state index contributed by atoms with van der Waals surface area (Å²) in [6.07, 6.45) is 0.434. The molecule has 1 saturated heterocycles. The number of pyridine rings is 1. The second kappa shape index (κ2) is 5.91. The van der Waals surface area contributed by atoms with E-state index in [-0.39, 0.29) is 25.3 Å². The van der Waals surface area contributed by atoms with Gasteiger partial charge in [0.15, 0.2) is 0 Å². The number of hydrogen-bond donors (Lipinski definition) is 1. The molecule has 0 amide bonds. The molecule has 2 atom stereocenters. The number of aliphatic hydroxyl groups excluding tert-OH is 1. The summed E-state index contributed by atoms with van der Waals surface area (Å²) in [5.74, 6) is -0.245. The number of halogens is 1. The van der Waals surface area contributed by atoms with Gasteiger partial charge in [-0.15, -0.1) is 0 Å². The Kier molecular flexibility index (Phi) is 4.12. The van der Waals surface area contributed by atoms with Crippen LogP contribution in [0.4, 0.5) is 4.39 Å². The van der Waals surface area contributed by atoms with E-state index >= 15 is 0 Å². The molecule has 0 bridgehead atoms. The zero-order chi connectivity index (χ0) is 15.7. The lowest BCUT2D eigenvalue weighted by Crippen LogP contribution is -2.38. The first-order valence-corrected chi connectivity index (χ1v) is 8.69. The second-order valence-corrected chi connectivity index (χ2v) is 7.41. The van der Waals surface area contributed by atoms with E-state index in [2.05, 4.69) is 4.98 Å². The Hall–Kier alpha value is -1.57. The smallest absolute Gasteiger partial charge is 0.218 e. The van der Waals surface area contributed by atoms with Gasteiger partial charge in [-0.1, -0.05) is 24.3 Å². The van der Waals surface area contributed by atoms with Gasteiger partial charge in [0.25, 0.3) is 0 Å². The fourth-order valence-electron chi connectivity index (χ4n) is 2.90. The summed E-state index contributed by atoms with van der Waals surface area (Å²) >= 11 is 0. The number of sulfonamides is 1. The summed E-state index contributed by atoms with van der Waals surface area (Å²) in [6, 6.07) is 8.33. The van der Waals surface area contributed by atoms with Gasteiger partial charge in [0.1, 0.15) is 6.17 Å². The van der Waals surface area contributed by atoms with Crippen molar-refractivity contribution in [3.8, 4) is 0 Å². The van der Waals surface area contributed by atoms with Crippen LogP contribution in [-0.2, 0) is 15.8 Å². The number of nitrogens with zero attached hydrogens (tertiary/aromatic N) is 2. The minimum Gasteiger partial charge on any atom is -0.395 e. The highest BCUT2D eigenvalue weighted by atomic mass is 32.2. The molecular weight excluding hydrogens is 307 g/mol. The molecule has 1 aliphatic heterocycles. The Balaban J connectivity index is 1.94. The van der Waals surface area contributed by atoms with E-state index in [1.165, 1.54) is 0 Å². The van der Waals surface area contributed by atoms with Crippen molar-refractivity contribution in [1.29, 1.82) is 0 Å². The van der Waals surface area contributed by atoms with Gasteiger partial charge in [0.05, 0.1) is 23.9 Å². The molecule has 3 rings (SSSR count). The summed E-state index contributed by atoms with van der Waals surface area (Å²) in [7, 11) is -3.71. The fraction of sp³-hybridized carbons (Fsp3) is 0.400. The highest BCUT2D eigenvalue weighted by Gasteiger charge is 2.39. The van der Waals surface area contributed by atoms with Crippen molar-refractivity contribution >= 4 is 20.9 Å². The molecular formula is C15H17FN2O3S. The number of aliphatic hydroxyl groups is 1. The predicted octanol–water partition coefficient (Wildman–Crippen LogP) is 1.47. The van der Waals surface area contributed by atoms with Crippen LogP contribution in [0.5, 0.6) is 0 Å². The van der Waals surface area contributed by atoms with Crippen molar-refractivity contribution in [3.63, 3.8) is 0 Å². The lowest BCUT2D eigenvalue weighted by atomic mass is 10.1. The van der Waals surface area contributed by atoms with E-state index in [1.807, 2.05) is 12.1 Å². The number of fused-ring (bicyclic) bond motifs is 1. The maximum absolute atomic E-state index is 13.5. The van der Waals surface area contributed by atoms with Gasteiger partial charge in [-0.2, -0.15) is 4.31 Å². The zero-order valence-corrected chi connectivity index (χ0v) is 12.7. The third-order valence-electron chi connectivity index (χ3n) is 3.94. The minimum absolute atomic E-state index is 0.0452. The van der Waals surface area contributed by atoms with Gasteiger partial charge < -0.3 is 5.11 Å². The van der Waals surface area contributed by atoms with E-state index in [4.69, 9.17) is 0 Å². The Bertz CT molecular complexity index is 776. The first-order chi connectivity index (χ1) is 10.5. The lowest BCUT2D eigenvalue weighted by molar-refractivity contribution is 0.212. The van der Waals surface area contributed by atoms with Crippen molar-refractivity contribution in [1.82, 2.24) is 9.29 Å². The molecule has 1 aromatic carbocycles. The lowest BCUT2D eigenvalue weighted by Gasteiger charge is -2.22. The van der Waals surface area contributed by atoms with Crippen molar-refractivity contribution < 1.29 is 17.9 Å². The number of aromatic nitrogens is 1. The topological polar surface area (TPSA) is 70.5 Å². The van der Waals surface area contributed by atoms with E-state index < -0.39 is 22.2 Å². The number of rotatable bonds is 4. The van der Waals surface area contributed by atoms with Crippen molar-refractivity contribution in [2.75, 3.05) is 13.2 Å². The zero-order valence-electron chi connectivity index (χ0n) is 11.9. The highest BCUT2D eigenvalue weighted by Crippen LogP contribution is 2.27. The van der Waals surface area contributed by atoms with Crippen LogP contribution in [0, 0.1) is 0 Å². The van der Waals surface area contributed by atoms with Crippen molar-refractivity contribution in [2.24, 2.45) is 0 Å². The minimum atomic E-state index is -3.71. The molecule has 0 unspecified atom stereocenters. The largest absolute Gasteiger partial charge is 0.395 e. The van der Waals surface area contributed by atoms with Gasteiger partial charge in [-0.05, 0) is 18.1 Å². The molecule has 1 aliphatic rings. The Labute approximate surface area is 128 Å². The van der Waals surface area contributed by atoms with Crippen LogP contribution in [0.3, 0.4) is 0 Å². The van der Waals surface area contributed by atoms with Gasteiger partial charge in [0.2, 0.25) is 10.0 Å². The first-order valence-electron chi connectivity index (χ1n) is 7.08. The summed E-state index contributed by atoms with van der Waals surface area (Å²) < 4.78 is 39.7. The number of alkyl halides is 1. The summed E-state index contributed by atoms with van der Waals surface area (Å²) in [5.41, 5.74) is 1.21. The summed E-state index contributed by atoms with van der Waals surface area (Å²) in [5, 5.41) is 10.1. The van der Waals surface area contributed by atoms with Gasteiger partial charge >= 0.3 is 0 Å². The first kappa shape index (κ1) is 15.3. The van der Waals surface area contributed by atoms with Crippen molar-refractivity contribution in [2.45, 2.75) is 24.4 Å². The fourth-order valence-corrected chi connectivity index (χ4v) is 4.69. The molecule has 1 fully saturated rings. The van der Waals surface area contributed by atoms with Gasteiger partial charge in [0, 0.05) is 18.1 Å². The maximum Gasteiger partial charge on any atom is 0.218 e. The summed E-state index contributed by atoms with van der Waals surface area (Å²) in [4.78, 5) is 4.24. The summed E-state index contributed by atoms with van der Waals surface area (Å²) in [6.45, 7) is -0.556. The van der Waals surface area contributed by atoms with Gasteiger partial charge in [-0.25, -0.2) is 12.8 Å². The van der Waals surface area contributed by atoms with E-state index in [1.54, 1.807) is 24.4 Å². The van der Waals surface area contributed by atoms with Gasteiger partial charge in [-0.3, -0.25) is 4.98 Å². The molecule has 1 aromatic heterocycles. The number of hydrogen-bond acceptors (Lipinski definition) is 4. The Morgan fingerprint density at radius 3 is 2.86 bits per heavy atom. The van der Waals surface area contributed by atoms with E-state index in [0.717, 1.165) is 9.69 Å². The van der Waals surface area contributed by atoms with Crippen molar-refractivity contribution in [3.05, 3.63) is 42.1 Å². The average molecular weight is 324 g/mol. The number of para-hydroxylation sites is 1. The maximum atomic E-state index is 13.5. The molecule has 2 heterocycles. The van der Waals surface area contributed by atoms with E-state index in [0.29, 0.717) is 11.1 Å². The standard InChI is InChI=1S/C15H17FN2O3S/c16-13-7-14(9-19)18(8-13)22(20,21)10-12-4-1-3-11-5-2-6-17-15(11)12/h1-6,13-14,19H,7-10H2/t13-,14-/m0/s1. The molecule has 2 aromatic rings. The highest BCUT2D eigenvalue weighted by molar-refractivity contribution is 7.88. The Morgan fingerprint density at radius 2 is 2.09 bits per heavy atom. The van der Waals surface area contributed by atoms with Crippen LogP contribution in [0.15, 0.2) is 36.5 Å². The third kappa shape index (κ3) is 2.84. The molecule has 0 radical (unpaired) electrons. The average Bonchev–Trinajstić information content (AvgIpc) is 2.89. The Morgan fingerprint density at radius 1 is 1.32 bits per heavy atom. The molecule has 118 valence electrons. The second-order valence-electron chi connectivity index (χ2n) is 5.49. The molecule has 0 spiro atoms. The normalized spacial score (nSPS) is 23.2. The van der Waals surface area contributed by atoms with Crippen LogP contribution < -0.4 is 0 Å². The number of benzene rings is 1. The monoisotopic (exact) mass is 324 g/mol. The molecule has 1 N–H and O–H groups in total. The van der Waals surface area contributed by atoms with Crippen LogP contribution in [-0.4, -0.2) is 48.2 Å². The van der Waals surface area contributed by atoms with Crippen LogP contribution in [0.1, 0.15) is 12.0 Å². The quantitative estimate of drug-likeness (QED) is 0.924. The molecule has 0 saturated carbocycles.